The van der Waals surface area contributed by atoms with Gasteiger partial charge in [-0.3, -0.25) is 0 Å². The molecule has 1 fully saturated rings. The molecule has 0 heterocycles. The van der Waals surface area contributed by atoms with Gasteiger partial charge in [0.15, 0.2) is 0 Å². The lowest BCUT2D eigenvalue weighted by Gasteiger charge is -2.16. The van der Waals surface area contributed by atoms with Gasteiger partial charge in [0.25, 0.3) is 0 Å². The van der Waals surface area contributed by atoms with Crippen LogP contribution in [0.15, 0.2) is 53.1 Å². The van der Waals surface area contributed by atoms with E-state index in [2.05, 4.69) is 0 Å². The molecule has 7 nitrogen and oxygen atoms in total. The number of nitrogens with zero attached hydrogens (tertiary/aromatic N) is 7. The molecule has 0 bridgehead atoms. The minimum atomic E-state index is -5.41. The Labute approximate surface area is 287 Å². The van der Waals surface area contributed by atoms with Crippen LogP contribution >= 0.6 is 0 Å². The number of rotatable bonds is 3. The fourth-order valence-corrected chi connectivity index (χ4v) is 5.75. The molecule has 0 unspecified atom stereocenters. The van der Waals surface area contributed by atoms with Gasteiger partial charge in [0.2, 0.25) is 0 Å². The average molecular weight is 714 g/mol. The molecule has 16 heteroatoms. The first-order valence-electron chi connectivity index (χ1n) is 14.0. The van der Waals surface area contributed by atoms with Crippen LogP contribution in [0.2, 0.25) is 0 Å². The molecule has 1 aliphatic rings. The van der Waals surface area contributed by atoms with Crippen LogP contribution in [-0.4, -0.2) is 0 Å². The van der Waals surface area contributed by atoms with E-state index in [-0.39, 0.29) is 6.07 Å². The monoisotopic (exact) mass is 713 g/mol. The quantitative estimate of drug-likeness (QED) is 0.193. The van der Waals surface area contributed by atoms with E-state index in [0.29, 0.717) is 18.2 Å². The molecule has 4 rings (SSSR count). The Morgan fingerprint density at radius 2 is 0.712 bits per heavy atom. The van der Waals surface area contributed by atoms with Gasteiger partial charge in [0, 0.05) is 33.4 Å². The molecule has 3 aromatic rings. The largest absolute Gasteiger partial charge is 0.417 e. The van der Waals surface area contributed by atoms with E-state index in [1.54, 1.807) is 0 Å². The van der Waals surface area contributed by atoms with Crippen molar-refractivity contribution in [2.45, 2.75) is 32.4 Å². The van der Waals surface area contributed by atoms with Crippen LogP contribution in [0.3, 0.4) is 0 Å². The normalized spacial score (nSPS) is 14.3. The van der Waals surface area contributed by atoms with Gasteiger partial charge in [-0.05, 0) is 61.4 Å². The van der Waals surface area contributed by atoms with E-state index >= 15 is 0 Å². The maximum Gasteiger partial charge on any atom is 0.417 e. The standard InChI is InChI=1S/C36H12F9N7/c1-16-3-18(9-46)6-25(34(37,38)39)28(16)22(13-50)31-32(23(14-51)29-17(2)4-19(10-47)7-26(29)35(40,41)42)33(31)24(15-52)30-21(12-49)5-20(11-48)8-27(30)36(43,44)45/h3-8H,1-2H3. The first-order valence-corrected chi connectivity index (χ1v) is 14.0. The highest BCUT2D eigenvalue weighted by molar-refractivity contribution is 6.13. The molecule has 1 aliphatic carbocycles. The molecule has 0 aromatic heterocycles. The third-order valence-corrected chi connectivity index (χ3v) is 7.76. The molecule has 0 saturated heterocycles. The van der Waals surface area contributed by atoms with Crippen molar-refractivity contribution in [1.82, 2.24) is 0 Å². The average Bonchev–Trinajstić information content (AvgIpc) is 3.78. The number of hydrogen-bond acceptors (Lipinski definition) is 7. The van der Waals surface area contributed by atoms with Gasteiger partial charge >= 0.3 is 18.5 Å². The predicted molar refractivity (Wildman–Crippen MR) is 160 cm³/mol. The highest BCUT2D eigenvalue weighted by Crippen LogP contribution is 2.58. The second-order valence-corrected chi connectivity index (χ2v) is 10.9. The Morgan fingerprint density at radius 3 is 0.981 bits per heavy atom. The number of hydrogen-bond donors (Lipinski definition) is 0. The van der Waals surface area contributed by atoms with Crippen LogP contribution < -0.4 is 0 Å². The zero-order valence-electron chi connectivity index (χ0n) is 26.0. The van der Waals surface area contributed by atoms with E-state index in [9.17, 15) is 76.3 Å². The second-order valence-electron chi connectivity index (χ2n) is 10.9. The highest BCUT2D eigenvalue weighted by Gasteiger charge is 2.47. The van der Waals surface area contributed by atoms with Crippen molar-refractivity contribution in [3.8, 4) is 42.5 Å². The third-order valence-electron chi connectivity index (χ3n) is 7.76. The van der Waals surface area contributed by atoms with Crippen LogP contribution in [0.25, 0.3) is 16.7 Å². The number of aryl methyl sites for hydroxylation is 2. The Kier molecular flexibility index (Phi) is 9.51. The summed E-state index contributed by atoms with van der Waals surface area (Å²) in [6.07, 6.45) is -16.0. The number of halogens is 9. The number of nitriles is 7. The van der Waals surface area contributed by atoms with Crippen LogP contribution in [-0.2, 0) is 18.5 Å². The Balaban J connectivity index is 2.42. The molecule has 3 aromatic carbocycles. The molecule has 0 N–H and O–H groups in total. The van der Waals surface area contributed by atoms with Crippen molar-refractivity contribution < 1.29 is 39.5 Å². The Bertz CT molecular complexity index is 2400. The molecule has 0 atom stereocenters. The molecule has 1 saturated carbocycles. The first kappa shape index (κ1) is 37.5. The second kappa shape index (κ2) is 13.2. The van der Waals surface area contributed by atoms with Gasteiger partial charge in [0.1, 0.15) is 18.2 Å². The molecule has 0 radical (unpaired) electrons. The predicted octanol–water partition coefficient (Wildman–Crippen LogP) is 9.09. The maximum absolute atomic E-state index is 14.5. The zero-order valence-corrected chi connectivity index (χ0v) is 26.0. The topological polar surface area (TPSA) is 167 Å². The van der Waals surface area contributed by atoms with Gasteiger partial charge in [0.05, 0.1) is 79.9 Å². The van der Waals surface area contributed by atoms with E-state index in [1.807, 2.05) is 0 Å². The van der Waals surface area contributed by atoms with Crippen LogP contribution in [0.4, 0.5) is 39.5 Å². The van der Waals surface area contributed by atoms with Crippen LogP contribution in [0.1, 0.15) is 66.8 Å². The van der Waals surface area contributed by atoms with Crippen LogP contribution in [0, 0.1) is 93.2 Å². The first-order chi connectivity index (χ1) is 24.2. The molecule has 0 amide bonds. The summed E-state index contributed by atoms with van der Waals surface area (Å²) >= 11 is 0. The van der Waals surface area contributed by atoms with Gasteiger partial charge in [-0.2, -0.15) is 76.3 Å². The summed E-state index contributed by atoms with van der Waals surface area (Å²) in [7, 11) is 0. The van der Waals surface area contributed by atoms with E-state index in [0.717, 1.165) is 26.0 Å². The number of alkyl halides is 9. The lowest BCUT2D eigenvalue weighted by molar-refractivity contribution is -0.138. The molecule has 0 aliphatic heterocycles. The SMILES string of the molecule is Cc1cc(C#N)cc(C(F)(F)F)c1C(C#N)=C1C(=C(C#N)c2c(C)cc(C#N)cc2C(F)(F)F)C1=C(C#N)c1c(C#N)cc(C#N)cc1C(F)(F)F. The third kappa shape index (κ3) is 6.51. The number of allylic oxidation sites excluding steroid dienone is 6. The van der Waals surface area contributed by atoms with Crippen molar-refractivity contribution in [1.29, 1.82) is 36.8 Å². The van der Waals surface area contributed by atoms with Crippen molar-refractivity contribution >= 4 is 16.7 Å². The van der Waals surface area contributed by atoms with Crippen LogP contribution in [0.5, 0.6) is 0 Å². The molecular formula is C36H12F9N7. The zero-order chi connectivity index (χ0) is 39.1. The van der Waals surface area contributed by atoms with E-state index in [4.69, 9.17) is 0 Å². The van der Waals surface area contributed by atoms with E-state index < -0.39 is 119 Å². The van der Waals surface area contributed by atoms with Crippen molar-refractivity contribution in [2.24, 2.45) is 0 Å². The van der Waals surface area contributed by atoms with Crippen molar-refractivity contribution in [3.05, 3.63) is 120 Å². The van der Waals surface area contributed by atoms with Gasteiger partial charge in [-0.1, -0.05) is 0 Å². The lowest BCUT2D eigenvalue weighted by Crippen LogP contribution is -2.11. The summed E-state index contributed by atoms with van der Waals surface area (Å²) in [6, 6.07) is 13.7. The summed E-state index contributed by atoms with van der Waals surface area (Å²) in [6.45, 7) is 2.08. The summed E-state index contributed by atoms with van der Waals surface area (Å²) in [5.74, 6) is 0. The fraction of sp³-hybridized carbons (Fsp3) is 0.139. The van der Waals surface area contributed by atoms with E-state index in [1.165, 1.54) is 42.5 Å². The summed E-state index contributed by atoms with van der Waals surface area (Å²) in [4.78, 5) is 0. The molecular weight excluding hydrogens is 701 g/mol. The lowest BCUT2D eigenvalue weighted by atomic mass is 9.90. The summed E-state index contributed by atoms with van der Waals surface area (Å²) in [5.41, 5.74) is -17.4. The van der Waals surface area contributed by atoms with Gasteiger partial charge < -0.3 is 0 Å². The van der Waals surface area contributed by atoms with Gasteiger partial charge in [-0.25, -0.2) is 0 Å². The highest BCUT2D eigenvalue weighted by atomic mass is 19.4. The Hall–Kier alpha value is -7.32. The Morgan fingerprint density at radius 1 is 0.423 bits per heavy atom. The number of benzene rings is 3. The molecule has 0 spiro atoms. The maximum atomic E-state index is 14.5. The fourth-order valence-electron chi connectivity index (χ4n) is 5.75. The van der Waals surface area contributed by atoms with Crippen molar-refractivity contribution in [3.63, 3.8) is 0 Å². The van der Waals surface area contributed by atoms with Crippen molar-refractivity contribution in [2.75, 3.05) is 0 Å². The minimum Gasteiger partial charge on any atom is -0.192 e. The minimum absolute atomic E-state index is 0.263. The summed E-state index contributed by atoms with van der Waals surface area (Å²) < 4.78 is 130. The smallest absolute Gasteiger partial charge is 0.192 e. The van der Waals surface area contributed by atoms with Gasteiger partial charge in [-0.15, -0.1) is 0 Å². The molecule has 254 valence electrons. The molecule has 52 heavy (non-hydrogen) atoms. The summed E-state index contributed by atoms with van der Waals surface area (Å²) in [5, 5.41) is 68.7.